The van der Waals surface area contributed by atoms with E-state index < -0.39 is 0 Å². The second-order valence-corrected chi connectivity index (χ2v) is 5.63. The smallest absolute Gasteiger partial charge is 0.136 e. The Bertz CT molecular complexity index is 526. The molecule has 0 spiro atoms. The highest BCUT2D eigenvalue weighted by atomic mass is 16.1. The lowest BCUT2D eigenvalue weighted by Gasteiger charge is -2.16. The SMILES string of the molecule is CC(=O)CC/C(=C1\CCCC1C(C)=O)c1ccccc1. The minimum absolute atomic E-state index is 0.0668. The third-order valence-corrected chi connectivity index (χ3v) is 4.09. The van der Waals surface area contributed by atoms with E-state index >= 15 is 0 Å². The molecule has 106 valence electrons. The third kappa shape index (κ3) is 3.44. The predicted octanol–water partition coefficient (Wildman–Crippen LogP) is 4.20. The molecule has 2 heteroatoms. The summed E-state index contributed by atoms with van der Waals surface area (Å²) < 4.78 is 0. The molecule has 0 radical (unpaired) electrons. The lowest BCUT2D eigenvalue weighted by atomic mass is 9.88. The molecule has 1 aliphatic carbocycles. The Morgan fingerprint density at radius 2 is 1.80 bits per heavy atom. The number of carbonyl (C=O) groups excluding carboxylic acids is 2. The van der Waals surface area contributed by atoms with Gasteiger partial charge in [-0.25, -0.2) is 0 Å². The van der Waals surface area contributed by atoms with Crippen molar-refractivity contribution in [1.29, 1.82) is 0 Å². The fourth-order valence-corrected chi connectivity index (χ4v) is 3.09. The molecular weight excluding hydrogens is 248 g/mol. The number of allylic oxidation sites excluding steroid dienone is 2. The van der Waals surface area contributed by atoms with E-state index in [1.807, 2.05) is 18.2 Å². The maximum Gasteiger partial charge on any atom is 0.136 e. The highest BCUT2D eigenvalue weighted by molar-refractivity contribution is 5.86. The molecule has 2 nitrogen and oxygen atoms in total. The van der Waals surface area contributed by atoms with Gasteiger partial charge < -0.3 is 4.79 Å². The lowest BCUT2D eigenvalue weighted by molar-refractivity contribution is -0.119. The Morgan fingerprint density at radius 3 is 2.40 bits per heavy atom. The monoisotopic (exact) mass is 270 g/mol. The number of Topliss-reactive ketones (excluding diaryl/α,β-unsaturated/α-hetero) is 2. The molecule has 0 amide bonds. The summed E-state index contributed by atoms with van der Waals surface area (Å²) in [5.74, 6) is 0.530. The summed E-state index contributed by atoms with van der Waals surface area (Å²) >= 11 is 0. The molecule has 1 unspecified atom stereocenters. The van der Waals surface area contributed by atoms with Crippen molar-refractivity contribution in [3.63, 3.8) is 0 Å². The van der Waals surface area contributed by atoms with Crippen molar-refractivity contribution in [2.24, 2.45) is 5.92 Å². The van der Waals surface area contributed by atoms with Gasteiger partial charge in [-0.2, -0.15) is 0 Å². The van der Waals surface area contributed by atoms with E-state index in [-0.39, 0.29) is 17.5 Å². The van der Waals surface area contributed by atoms with E-state index in [0.29, 0.717) is 6.42 Å². The summed E-state index contributed by atoms with van der Waals surface area (Å²) in [6.07, 6.45) is 4.33. The molecule has 1 fully saturated rings. The molecule has 0 bridgehead atoms. The Balaban J connectivity index is 2.39. The van der Waals surface area contributed by atoms with Gasteiger partial charge in [0, 0.05) is 12.3 Å². The molecule has 20 heavy (non-hydrogen) atoms. The maximum atomic E-state index is 11.8. The largest absolute Gasteiger partial charge is 0.300 e. The summed E-state index contributed by atoms with van der Waals surface area (Å²) in [7, 11) is 0. The maximum absolute atomic E-state index is 11.8. The third-order valence-electron chi connectivity index (χ3n) is 4.09. The van der Waals surface area contributed by atoms with Gasteiger partial charge in [-0.1, -0.05) is 35.9 Å². The molecule has 1 aliphatic rings. The highest BCUT2D eigenvalue weighted by Crippen LogP contribution is 2.39. The van der Waals surface area contributed by atoms with Gasteiger partial charge in [-0.15, -0.1) is 0 Å². The van der Waals surface area contributed by atoms with Crippen molar-refractivity contribution in [3.8, 4) is 0 Å². The molecule has 0 saturated heterocycles. The van der Waals surface area contributed by atoms with Crippen molar-refractivity contribution in [3.05, 3.63) is 41.5 Å². The van der Waals surface area contributed by atoms with Crippen LogP contribution >= 0.6 is 0 Å². The first-order valence-corrected chi connectivity index (χ1v) is 7.37. The molecule has 0 heterocycles. The molecule has 0 N–H and O–H groups in total. The molecule has 0 aromatic heterocycles. The Morgan fingerprint density at radius 1 is 1.10 bits per heavy atom. The van der Waals surface area contributed by atoms with Crippen molar-refractivity contribution < 1.29 is 9.59 Å². The van der Waals surface area contributed by atoms with Crippen LogP contribution < -0.4 is 0 Å². The van der Waals surface area contributed by atoms with Crippen LogP contribution in [-0.2, 0) is 9.59 Å². The van der Waals surface area contributed by atoms with Gasteiger partial charge in [-0.05, 0) is 50.7 Å². The highest BCUT2D eigenvalue weighted by Gasteiger charge is 2.27. The molecular formula is C18H22O2. The summed E-state index contributed by atoms with van der Waals surface area (Å²) in [6.45, 7) is 3.31. The Hall–Kier alpha value is -1.70. The second-order valence-electron chi connectivity index (χ2n) is 5.63. The van der Waals surface area contributed by atoms with Crippen LogP contribution in [0.3, 0.4) is 0 Å². The summed E-state index contributed by atoms with van der Waals surface area (Å²) in [4.78, 5) is 23.1. The molecule has 1 aromatic carbocycles. The quantitative estimate of drug-likeness (QED) is 0.803. The first-order valence-electron chi connectivity index (χ1n) is 7.37. The van der Waals surface area contributed by atoms with Crippen LogP contribution in [0.2, 0.25) is 0 Å². The number of benzene rings is 1. The Labute approximate surface area is 120 Å². The molecule has 1 aromatic rings. The standard InChI is InChI=1S/C18H22O2/c1-13(19)11-12-17(15-7-4-3-5-8-15)18-10-6-9-16(18)14(2)20/h3-5,7-8,16H,6,9-12H2,1-2H3/b18-17-. The molecule has 0 aliphatic heterocycles. The number of hydrogen-bond donors (Lipinski definition) is 0. The fraction of sp³-hybridized carbons (Fsp3) is 0.444. The van der Waals surface area contributed by atoms with Crippen LogP contribution in [0.4, 0.5) is 0 Å². The second kappa shape index (κ2) is 6.65. The van der Waals surface area contributed by atoms with Gasteiger partial charge in [0.2, 0.25) is 0 Å². The molecule has 2 rings (SSSR count). The summed E-state index contributed by atoms with van der Waals surface area (Å²) in [5.41, 5.74) is 3.65. The number of ketones is 2. The fourth-order valence-electron chi connectivity index (χ4n) is 3.09. The predicted molar refractivity (Wildman–Crippen MR) is 81.3 cm³/mol. The first kappa shape index (κ1) is 14.7. The summed E-state index contributed by atoms with van der Waals surface area (Å²) in [5, 5.41) is 0. The topological polar surface area (TPSA) is 34.1 Å². The average molecular weight is 270 g/mol. The van der Waals surface area contributed by atoms with E-state index in [2.05, 4.69) is 12.1 Å². The zero-order valence-electron chi connectivity index (χ0n) is 12.3. The number of hydrogen-bond acceptors (Lipinski definition) is 2. The van der Waals surface area contributed by atoms with Crippen LogP contribution in [-0.4, -0.2) is 11.6 Å². The number of carbonyl (C=O) groups is 2. The van der Waals surface area contributed by atoms with Gasteiger partial charge in [0.05, 0.1) is 0 Å². The van der Waals surface area contributed by atoms with Gasteiger partial charge >= 0.3 is 0 Å². The van der Waals surface area contributed by atoms with Crippen molar-refractivity contribution in [1.82, 2.24) is 0 Å². The van der Waals surface area contributed by atoms with Crippen LogP contribution in [0, 0.1) is 5.92 Å². The zero-order chi connectivity index (χ0) is 14.5. The van der Waals surface area contributed by atoms with Crippen molar-refractivity contribution in [2.45, 2.75) is 46.0 Å². The van der Waals surface area contributed by atoms with E-state index in [1.54, 1.807) is 13.8 Å². The van der Waals surface area contributed by atoms with Gasteiger partial charge in [0.15, 0.2) is 0 Å². The lowest BCUT2D eigenvalue weighted by Crippen LogP contribution is -2.10. The average Bonchev–Trinajstić information content (AvgIpc) is 2.89. The Kier molecular flexibility index (Phi) is 4.89. The van der Waals surface area contributed by atoms with Gasteiger partial charge in [0.1, 0.15) is 11.6 Å². The summed E-state index contributed by atoms with van der Waals surface area (Å²) in [6, 6.07) is 10.2. The normalized spacial score (nSPS) is 20.8. The minimum atomic E-state index is 0.0668. The van der Waals surface area contributed by atoms with Crippen LogP contribution in [0.5, 0.6) is 0 Å². The van der Waals surface area contributed by atoms with E-state index in [9.17, 15) is 9.59 Å². The molecule has 1 atom stereocenters. The van der Waals surface area contributed by atoms with E-state index in [0.717, 1.165) is 31.2 Å². The number of rotatable bonds is 5. The first-order chi connectivity index (χ1) is 9.59. The van der Waals surface area contributed by atoms with Crippen molar-refractivity contribution in [2.75, 3.05) is 0 Å². The van der Waals surface area contributed by atoms with Gasteiger partial charge in [0.25, 0.3) is 0 Å². The minimum Gasteiger partial charge on any atom is -0.300 e. The zero-order valence-corrected chi connectivity index (χ0v) is 12.3. The van der Waals surface area contributed by atoms with Crippen LogP contribution in [0.25, 0.3) is 5.57 Å². The van der Waals surface area contributed by atoms with Gasteiger partial charge in [-0.3, -0.25) is 4.79 Å². The van der Waals surface area contributed by atoms with E-state index in [4.69, 9.17) is 0 Å². The molecule has 1 saturated carbocycles. The van der Waals surface area contributed by atoms with Crippen LogP contribution in [0.1, 0.15) is 51.5 Å². The van der Waals surface area contributed by atoms with Crippen molar-refractivity contribution >= 4 is 17.1 Å². The van der Waals surface area contributed by atoms with Crippen LogP contribution in [0.15, 0.2) is 35.9 Å². The van der Waals surface area contributed by atoms with E-state index in [1.165, 1.54) is 11.1 Å².